The zero-order chi connectivity index (χ0) is 26.0. The zero-order valence-electron chi connectivity index (χ0n) is 20.4. The number of hydrogen-bond donors (Lipinski definition) is 0. The van der Waals surface area contributed by atoms with Crippen molar-refractivity contribution in [2.24, 2.45) is 0 Å². The number of carbonyl (C=O) groups is 1. The first-order valence-corrected chi connectivity index (χ1v) is 14.5. The predicted molar refractivity (Wildman–Crippen MR) is 143 cm³/mol. The van der Waals surface area contributed by atoms with Gasteiger partial charge in [-0.25, -0.2) is 17.8 Å². The Kier molecular flexibility index (Phi) is 7.32. The normalized spacial score (nSPS) is 16.6. The number of aromatic nitrogens is 2. The molecule has 1 atom stereocenters. The number of fused-ring (bicyclic) bond motifs is 1. The zero-order valence-corrected chi connectivity index (χ0v) is 22.0. The van der Waals surface area contributed by atoms with Crippen LogP contribution in [-0.2, 0) is 16.6 Å². The molecule has 37 heavy (non-hydrogen) atoms. The highest BCUT2D eigenvalue weighted by Crippen LogP contribution is 2.32. The molecule has 2 aromatic heterocycles. The minimum atomic E-state index is -3.66. The van der Waals surface area contributed by atoms with Crippen LogP contribution < -0.4 is 4.90 Å². The van der Waals surface area contributed by atoms with Crippen molar-refractivity contribution in [1.29, 1.82) is 0 Å². The smallest absolute Gasteiger partial charge is 0.260 e. The van der Waals surface area contributed by atoms with Crippen LogP contribution in [-0.4, -0.2) is 41.2 Å². The summed E-state index contributed by atoms with van der Waals surface area (Å²) in [6, 6.07) is 16.1. The standard InChI is InChI=1S/C27H27FN4O3S2/c1-2-21-9-4-6-17-32(21)37(34,35)22-14-12-19(13-15-22)26(33)31(18-20-8-3-5-16-29-20)27-30-25-23(28)10-7-11-24(25)36-27/h3,5,7-8,10-16,21H,2,4,6,9,17-18H2,1H3. The fourth-order valence-corrected chi connectivity index (χ4v) is 7.40. The summed E-state index contributed by atoms with van der Waals surface area (Å²) in [6.07, 6.45) is 5.13. The number of benzene rings is 2. The molecule has 0 N–H and O–H groups in total. The van der Waals surface area contributed by atoms with Gasteiger partial charge in [0.15, 0.2) is 5.13 Å². The van der Waals surface area contributed by atoms with Crippen molar-refractivity contribution in [3.05, 3.63) is 83.9 Å². The summed E-state index contributed by atoms with van der Waals surface area (Å²) in [5.41, 5.74) is 1.15. The molecule has 1 unspecified atom stereocenters. The maximum atomic E-state index is 14.3. The average Bonchev–Trinajstić information content (AvgIpc) is 3.37. The molecular weight excluding hydrogens is 511 g/mol. The van der Waals surface area contributed by atoms with Crippen LogP contribution in [0.1, 0.15) is 48.7 Å². The first-order valence-electron chi connectivity index (χ1n) is 12.3. The SMILES string of the molecule is CCC1CCCCN1S(=O)(=O)c1ccc(C(=O)N(Cc2ccccn2)c2nc3c(F)cccc3s2)cc1. The number of piperidine rings is 1. The van der Waals surface area contributed by atoms with Crippen LogP contribution >= 0.6 is 11.3 Å². The van der Waals surface area contributed by atoms with E-state index in [4.69, 9.17) is 0 Å². The van der Waals surface area contributed by atoms with Crippen LogP contribution in [0, 0.1) is 5.82 Å². The van der Waals surface area contributed by atoms with Crippen LogP contribution in [0.15, 0.2) is 71.8 Å². The number of anilines is 1. The summed E-state index contributed by atoms with van der Waals surface area (Å²) in [6.45, 7) is 2.64. The fourth-order valence-electron chi connectivity index (χ4n) is 4.66. The van der Waals surface area contributed by atoms with Gasteiger partial charge in [-0.3, -0.25) is 14.7 Å². The van der Waals surface area contributed by atoms with Gasteiger partial charge in [0, 0.05) is 24.3 Å². The summed E-state index contributed by atoms with van der Waals surface area (Å²) >= 11 is 1.21. The minimum absolute atomic E-state index is 0.00615. The third-order valence-electron chi connectivity index (χ3n) is 6.63. The van der Waals surface area contributed by atoms with Crippen molar-refractivity contribution < 1.29 is 17.6 Å². The third-order valence-corrected chi connectivity index (χ3v) is 9.64. The van der Waals surface area contributed by atoms with Gasteiger partial charge in [0.1, 0.15) is 11.3 Å². The van der Waals surface area contributed by atoms with E-state index in [9.17, 15) is 17.6 Å². The molecule has 2 aromatic carbocycles. The average molecular weight is 539 g/mol. The maximum Gasteiger partial charge on any atom is 0.260 e. The molecule has 192 valence electrons. The Bertz CT molecular complexity index is 1510. The van der Waals surface area contributed by atoms with E-state index in [2.05, 4.69) is 9.97 Å². The highest BCUT2D eigenvalue weighted by Gasteiger charge is 2.32. The van der Waals surface area contributed by atoms with Crippen molar-refractivity contribution in [1.82, 2.24) is 14.3 Å². The van der Waals surface area contributed by atoms with E-state index in [0.717, 1.165) is 25.7 Å². The number of hydrogen-bond acceptors (Lipinski definition) is 6. The number of rotatable bonds is 7. The topological polar surface area (TPSA) is 83.5 Å². The van der Waals surface area contributed by atoms with Crippen LogP contribution in [0.5, 0.6) is 0 Å². The highest BCUT2D eigenvalue weighted by molar-refractivity contribution is 7.89. The summed E-state index contributed by atoms with van der Waals surface area (Å²) in [4.78, 5) is 24.0. The Hall–Kier alpha value is -3.21. The van der Waals surface area contributed by atoms with Crippen LogP contribution in [0.25, 0.3) is 10.2 Å². The molecular formula is C27H27FN4O3S2. The summed E-state index contributed by atoms with van der Waals surface area (Å²) in [7, 11) is -3.66. The molecule has 1 saturated heterocycles. The molecule has 0 aliphatic carbocycles. The number of nitrogens with zero attached hydrogens (tertiary/aromatic N) is 4. The lowest BCUT2D eigenvalue weighted by Crippen LogP contribution is -2.43. The Labute approximate surface area is 219 Å². The molecule has 0 saturated carbocycles. The Morgan fingerprint density at radius 1 is 1.11 bits per heavy atom. The molecule has 1 aliphatic rings. The number of thiazole rings is 1. The Morgan fingerprint density at radius 3 is 2.62 bits per heavy atom. The first-order chi connectivity index (χ1) is 17.9. The Balaban J connectivity index is 1.47. The number of sulfonamides is 1. The van der Waals surface area contributed by atoms with Gasteiger partial charge in [-0.05, 0) is 67.8 Å². The molecule has 0 spiro atoms. The first kappa shape index (κ1) is 25.4. The molecule has 0 radical (unpaired) electrons. The molecule has 3 heterocycles. The van der Waals surface area contributed by atoms with Crippen molar-refractivity contribution in [3.63, 3.8) is 0 Å². The minimum Gasteiger partial charge on any atom is -0.278 e. The molecule has 1 amide bonds. The van der Waals surface area contributed by atoms with Gasteiger partial charge in [-0.15, -0.1) is 0 Å². The summed E-state index contributed by atoms with van der Waals surface area (Å²) in [5.74, 6) is -0.832. The molecule has 10 heteroatoms. The quantitative estimate of drug-likeness (QED) is 0.305. The lowest BCUT2D eigenvalue weighted by atomic mass is 10.0. The number of halogens is 1. The van der Waals surface area contributed by atoms with E-state index in [1.54, 1.807) is 34.8 Å². The lowest BCUT2D eigenvalue weighted by Gasteiger charge is -2.34. The van der Waals surface area contributed by atoms with E-state index in [1.165, 1.54) is 46.6 Å². The van der Waals surface area contributed by atoms with Crippen LogP contribution in [0.2, 0.25) is 0 Å². The third kappa shape index (κ3) is 5.14. The maximum absolute atomic E-state index is 14.3. The fraction of sp³-hybridized carbons (Fsp3) is 0.296. The molecule has 5 rings (SSSR count). The van der Waals surface area contributed by atoms with Crippen molar-refractivity contribution in [2.75, 3.05) is 11.4 Å². The van der Waals surface area contributed by atoms with Gasteiger partial charge in [0.25, 0.3) is 5.91 Å². The number of amides is 1. The Morgan fingerprint density at radius 2 is 1.92 bits per heavy atom. The van der Waals surface area contributed by atoms with Gasteiger partial charge in [-0.1, -0.05) is 36.8 Å². The number of pyridine rings is 1. The second kappa shape index (κ2) is 10.6. The van der Waals surface area contributed by atoms with Crippen molar-refractivity contribution in [3.8, 4) is 0 Å². The van der Waals surface area contributed by atoms with Gasteiger partial charge in [-0.2, -0.15) is 4.31 Å². The van der Waals surface area contributed by atoms with Crippen molar-refractivity contribution >= 4 is 42.6 Å². The highest BCUT2D eigenvalue weighted by atomic mass is 32.2. The monoisotopic (exact) mass is 538 g/mol. The van der Waals surface area contributed by atoms with Gasteiger partial charge >= 0.3 is 0 Å². The molecule has 1 aliphatic heterocycles. The lowest BCUT2D eigenvalue weighted by molar-refractivity contribution is 0.0984. The van der Waals surface area contributed by atoms with E-state index >= 15 is 0 Å². The van der Waals surface area contributed by atoms with Crippen molar-refractivity contribution in [2.45, 2.75) is 50.1 Å². The van der Waals surface area contributed by atoms with Gasteiger partial charge in [0.05, 0.1) is 21.8 Å². The molecule has 4 aromatic rings. The molecule has 0 bridgehead atoms. The second-order valence-electron chi connectivity index (χ2n) is 8.99. The molecule has 7 nitrogen and oxygen atoms in total. The second-order valence-corrected chi connectivity index (χ2v) is 11.9. The van der Waals surface area contributed by atoms with Crippen LogP contribution in [0.3, 0.4) is 0 Å². The van der Waals surface area contributed by atoms with E-state index in [-0.39, 0.29) is 28.9 Å². The predicted octanol–water partition coefficient (Wildman–Crippen LogP) is 5.63. The van der Waals surface area contributed by atoms with Crippen LogP contribution in [0.4, 0.5) is 9.52 Å². The number of carbonyl (C=O) groups excluding carboxylic acids is 1. The van der Waals surface area contributed by atoms with Gasteiger partial charge in [0.2, 0.25) is 10.0 Å². The van der Waals surface area contributed by atoms with E-state index in [1.807, 2.05) is 13.0 Å². The van der Waals surface area contributed by atoms with E-state index in [0.29, 0.717) is 27.6 Å². The van der Waals surface area contributed by atoms with Gasteiger partial charge < -0.3 is 0 Å². The summed E-state index contributed by atoms with van der Waals surface area (Å²) < 4.78 is 43.3. The largest absolute Gasteiger partial charge is 0.278 e. The van der Waals surface area contributed by atoms with E-state index < -0.39 is 15.8 Å². The molecule has 1 fully saturated rings. The number of para-hydroxylation sites is 1. The summed E-state index contributed by atoms with van der Waals surface area (Å²) in [5, 5.41) is 0.339.